The molecule has 0 radical (unpaired) electrons. The molecule has 0 saturated heterocycles. The summed E-state index contributed by atoms with van der Waals surface area (Å²) in [6.45, 7) is 1.76. The van der Waals surface area contributed by atoms with E-state index in [1.165, 1.54) is 6.07 Å². The molecule has 6 heteroatoms. The Hall–Kier alpha value is -1.26. The zero-order valence-corrected chi connectivity index (χ0v) is 10.4. The Bertz CT molecular complexity index is 616. The summed E-state index contributed by atoms with van der Waals surface area (Å²) in [5.74, 6) is 0. The molecule has 0 fully saturated rings. The van der Waals surface area contributed by atoms with Gasteiger partial charge >= 0.3 is 100 Å². The van der Waals surface area contributed by atoms with Crippen molar-refractivity contribution in [2.24, 2.45) is 0 Å². The molecule has 17 heavy (non-hydrogen) atoms. The van der Waals surface area contributed by atoms with Gasteiger partial charge in [-0.05, 0) is 0 Å². The van der Waals surface area contributed by atoms with Crippen molar-refractivity contribution in [2.45, 2.75) is 12.0 Å². The van der Waals surface area contributed by atoms with Crippen molar-refractivity contribution in [3.8, 4) is 0 Å². The molecule has 0 aliphatic heterocycles. The molecule has 1 aromatic carbocycles. The molecule has 0 N–H and O–H groups in total. The first-order valence-electron chi connectivity index (χ1n) is 4.65. The number of fused-ring (bicyclic) bond motifs is 1. The van der Waals surface area contributed by atoms with E-state index in [1.54, 1.807) is 19.1 Å². The van der Waals surface area contributed by atoms with Gasteiger partial charge in [0.2, 0.25) is 0 Å². The van der Waals surface area contributed by atoms with Crippen LogP contribution in [0.3, 0.4) is 0 Å². The Kier molecular flexibility index (Phi) is 3.01. The first-order chi connectivity index (χ1) is 7.87. The second-order valence-corrected chi connectivity index (χ2v) is 5.80. The van der Waals surface area contributed by atoms with Crippen molar-refractivity contribution in [2.75, 3.05) is 0 Å². The van der Waals surface area contributed by atoms with E-state index in [4.69, 9.17) is 4.42 Å². The number of hydrogen-bond donors (Lipinski definition) is 0. The Morgan fingerprint density at radius 1 is 1.29 bits per heavy atom. The third-order valence-electron chi connectivity index (χ3n) is 2.12. The van der Waals surface area contributed by atoms with E-state index in [0.29, 0.717) is 5.58 Å². The van der Waals surface area contributed by atoms with Crippen molar-refractivity contribution >= 4 is 30.4 Å². The summed E-state index contributed by atoms with van der Waals surface area (Å²) in [7, 11) is 0. The van der Waals surface area contributed by atoms with Crippen LogP contribution in [-0.2, 0) is 0 Å². The molecule has 1 heterocycles. The molecule has 2 nitrogen and oxygen atoms in total. The van der Waals surface area contributed by atoms with Crippen LogP contribution in [0.25, 0.3) is 11.0 Å². The van der Waals surface area contributed by atoms with E-state index >= 15 is 0 Å². The molecule has 0 unspecified atom stereocenters. The first-order valence-corrected chi connectivity index (χ1v) is 6.36. The molecule has 0 bridgehead atoms. The number of hydrogen-bond acceptors (Lipinski definition) is 2. The number of benzene rings is 1. The van der Waals surface area contributed by atoms with E-state index < -0.39 is 25.5 Å². The Balaban J connectivity index is 2.61. The van der Waals surface area contributed by atoms with Crippen molar-refractivity contribution < 1.29 is 17.6 Å². The summed E-state index contributed by atoms with van der Waals surface area (Å²) >= 11 is -1.87. The van der Waals surface area contributed by atoms with Gasteiger partial charge in [-0.2, -0.15) is 0 Å². The number of alkyl halides is 3. The summed E-state index contributed by atoms with van der Waals surface area (Å²) in [6.07, 6.45) is 0.910. The molecule has 2 aromatic rings. The average Bonchev–Trinajstić information content (AvgIpc) is 2.21. The van der Waals surface area contributed by atoms with Gasteiger partial charge in [0.1, 0.15) is 0 Å². The van der Waals surface area contributed by atoms with Crippen molar-refractivity contribution in [3.05, 3.63) is 40.2 Å². The summed E-state index contributed by atoms with van der Waals surface area (Å²) in [6, 6.07) is 4.85. The number of halogens is 3. The fourth-order valence-electron chi connectivity index (χ4n) is 1.42. The monoisotopic (exact) mass is 308 g/mol. The van der Waals surface area contributed by atoms with Crippen LogP contribution in [0.15, 0.2) is 33.7 Å². The Labute approximate surface area is 101 Å². The van der Waals surface area contributed by atoms with Crippen LogP contribution >= 0.6 is 0 Å². The van der Waals surface area contributed by atoms with E-state index in [-0.39, 0.29) is 9.85 Å². The Morgan fingerprint density at radius 3 is 2.65 bits per heavy atom. The zero-order valence-electron chi connectivity index (χ0n) is 8.67. The molecular weight excluding hydrogens is 300 g/mol. The van der Waals surface area contributed by atoms with Gasteiger partial charge in [0.05, 0.1) is 0 Å². The molecule has 0 spiro atoms. The van der Waals surface area contributed by atoms with Crippen LogP contribution in [0, 0.1) is 6.92 Å². The average molecular weight is 307 g/mol. The predicted molar refractivity (Wildman–Crippen MR) is 58.7 cm³/mol. The Morgan fingerprint density at radius 2 is 2.00 bits per heavy atom. The topological polar surface area (TPSA) is 30.2 Å². The normalized spacial score (nSPS) is 12.0. The summed E-state index contributed by atoms with van der Waals surface area (Å²) in [5.41, 5.74) is 0.524. The third kappa shape index (κ3) is 2.70. The van der Waals surface area contributed by atoms with Gasteiger partial charge in [-0.1, -0.05) is 0 Å². The van der Waals surface area contributed by atoms with Crippen molar-refractivity contribution in [3.63, 3.8) is 0 Å². The molecule has 0 amide bonds. The van der Waals surface area contributed by atoms with Crippen LogP contribution < -0.4 is 9.89 Å². The maximum atomic E-state index is 12.2. The number of aryl methyl sites for hydroxylation is 1. The molecule has 0 saturated carbocycles. The SMILES string of the molecule is Cc1ccc2occ([Se]C(F)(F)F)c(=O)c2c1. The van der Waals surface area contributed by atoms with Gasteiger partial charge in [0.25, 0.3) is 0 Å². The fraction of sp³-hybridized carbons (Fsp3) is 0.182. The molecule has 1 aromatic heterocycles. The van der Waals surface area contributed by atoms with Gasteiger partial charge in [0.15, 0.2) is 0 Å². The van der Waals surface area contributed by atoms with Crippen LogP contribution in [-0.4, -0.2) is 20.0 Å². The van der Waals surface area contributed by atoms with Crippen molar-refractivity contribution in [1.82, 2.24) is 0 Å². The molecular formula is C11H7F3O2Se. The fourth-order valence-corrected chi connectivity index (χ4v) is 2.57. The molecule has 0 atom stereocenters. The summed E-state index contributed by atoms with van der Waals surface area (Å²) in [5, 5.41) is -4.15. The number of rotatable bonds is 1. The van der Waals surface area contributed by atoms with E-state index in [1.807, 2.05) is 0 Å². The van der Waals surface area contributed by atoms with Crippen LogP contribution in [0.2, 0.25) is 0 Å². The minimum absolute atomic E-state index is 0.202. The second-order valence-electron chi connectivity index (χ2n) is 3.48. The minimum atomic E-state index is -4.35. The van der Waals surface area contributed by atoms with Crippen LogP contribution in [0.4, 0.5) is 13.2 Å². The standard InChI is InChI=1S/C11H7F3O2Se/c1-6-2-3-8-7(4-6)10(15)9(5-16-8)17-11(12,13)14/h2-5H,1H3. The van der Waals surface area contributed by atoms with Gasteiger partial charge in [-0.25, -0.2) is 0 Å². The summed E-state index contributed by atoms with van der Waals surface area (Å²) < 4.78 is 41.5. The van der Waals surface area contributed by atoms with E-state index in [2.05, 4.69) is 0 Å². The predicted octanol–water partition coefficient (Wildman–Crippen LogP) is 1.95. The quantitative estimate of drug-likeness (QED) is 0.754. The van der Waals surface area contributed by atoms with Gasteiger partial charge in [-0.15, -0.1) is 0 Å². The van der Waals surface area contributed by atoms with Crippen molar-refractivity contribution in [1.29, 1.82) is 0 Å². The molecule has 90 valence electrons. The van der Waals surface area contributed by atoms with E-state index in [9.17, 15) is 18.0 Å². The van der Waals surface area contributed by atoms with Gasteiger partial charge in [-0.3, -0.25) is 0 Å². The molecule has 0 aliphatic carbocycles. The zero-order chi connectivity index (χ0) is 12.6. The van der Waals surface area contributed by atoms with Crippen LogP contribution in [0.5, 0.6) is 0 Å². The van der Waals surface area contributed by atoms with E-state index in [0.717, 1.165) is 11.8 Å². The summed E-state index contributed by atoms with van der Waals surface area (Å²) in [4.78, 5) is 11.8. The van der Waals surface area contributed by atoms with Gasteiger partial charge in [0, 0.05) is 0 Å². The molecule has 2 rings (SSSR count). The first kappa shape index (κ1) is 12.2. The van der Waals surface area contributed by atoms with Crippen LogP contribution in [0.1, 0.15) is 5.56 Å². The second kappa shape index (κ2) is 4.20. The van der Waals surface area contributed by atoms with Gasteiger partial charge < -0.3 is 0 Å². The molecule has 0 aliphatic rings. The third-order valence-corrected chi connectivity index (χ3v) is 3.66. The maximum absolute atomic E-state index is 12.2.